The van der Waals surface area contributed by atoms with Crippen LogP contribution >= 0.6 is 34.9 Å². The maximum absolute atomic E-state index is 11.8. The average Bonchev–Trinajstić information content (AvgIpc) is 2.76. The van der Waals surface area contributed by atoms with E-state index < -0.39 is 0 Å². The molecule has 0 radical (unpaired) electrons. The van der Waals surface area contributed by atoms with Crippen LogP contribution in [0.4, 0.5) is 0 Å². The number of ketones is 1. The molecule has 82 valence electrons. The highest BCUT2D eigenvalue weighted by molar-refractivity contribution is 6.99. The standard InChI is InChI=1S/C10H6Cl2N2OS/c11-7-2-1-3-8(12)6(7)4-10(15)9-5-13-16-14-9/h1-3,5H,4H2. The molecule has 0 aliphatic rings. The summed E-state index contributed by atoms with van der Waals surface area (Å²) in [6, 6.07) is 5.15. The van der Waals surface area contributed by atoms with Gasteiger partial charge in [0.2, 0.25) is 0 Å². The zero-order valence-corrected chi connectivity index (χ0v) is 10.3. The molecule has 2 rings (SSSR count). The smallest absolute Gasteiger partial charge is 0.188 e. The highest BCUT2D eigenvalue weighted by Gasteiger charge is 2.14. The number of carbonyl (C=O) groups is 1. The zero-order valence-electron chi connectivity index (χ0n) is 7.98. The average molecular weight is 273 g/mol. The first-order valence-corrected chi connectivity index (χ1v) is 5.91. The fourth-order valence-electron chi connectivity index (χ4n) is 1.24. The van der Waals surface area contributed by atoms with Gasteiger partial charge in [-0.2, -0.15) is 8.75 Å². The summed E-state index contributed by atoms with van der Waals surface area (Å²) in [4.78, 5) is 11.8. The Morgan fingerprint density at radius 1 is 1.31 bits per heavy atom. The lowest BCUT2D eigenvalue weighted by Gasteiger charge is -2.04. The lowest BCUT2D eigenvalue weighted by Crippen LogP contribution is -2.04. The van der Waals surface area contributed by atoms with Crippen LogP contribution in [0.25, 0.3) is 0 Å². The van der Waals surface area contributed by atoms with Gasteiger partial charge < -0.3 is 0 Å². The molecule has 1 aromatic heterocycles. The molecular weight excluding hydrogens is 267 g/mol. The van der Waals surface area contributed by atoms with E-state index in [1.807, 2.05) is 0 Å². The Labute approximate surface area is 106 Å². The summed E-state index contributed by atoms with van der Waals surface area (Å²) in [7, 11) is 0. The molecule has 6 heteroatoms. The van der Waals surface area contributed by atoms with Crippen LogP contribution in [-0.4, -0.2) is 14.5 Å². The Hall–Kier alpha value is -0.970. The first-order valence-electron chi connectivity index (χ1n) is 4.42. The molecule has 1 heterocycles. The molecule has 0 aliphatic carbocycles. The van der Waals surface area contributed by atoms with Gasteiger partial charge in [-0.05, 0) is 17.7 Å². The van der Waals surface area contributed by atoms with Gasteiger partial charge in [-0.1, -0.05) is 29.3 Å². The summed E-state index contributed by atoms with van der Waals surface area (Å²) < 4.78 is 7.64. The minimum Gasteiger partial charge on any atom is -0.292 e. The first-order chi connectivity index (χ1) is 7.68. The fourth-order valence-corrected chi connectivity index (χ4v) is 2.20. The summed E-state index contributed by atoms with van der Waals surface area (Å²) in [5.74, 6) is -0.135. The van der Waals surface area contributed by atoms with Gasteiger partial charge in [0, 0.05) is 16.5 Å². The van der Waals surface area contributed by atoms with Gasteiger partial charge in [0.1, 0.15) is 5.69 Å². The predicted molar refractivity (Wildman–Crippen MR) is 64.4 cm³/mol. The largest absolute Gasteiger partial charge is 0.292 e. The first kappa shape index (κ1) is 11.5. The predicted octanol–water partition coefficient (Wildman–Crippen LogP) is 3.27. The highest BCUT2D eigenvalue weighted by atomic mass is 35.5. The highest BCUT2D eigenvalue weighted by Crippen LogP contribution is 2.25. The number of carbonyl (C=O) groups excluding carboxylic acids is 1. The summed E-state index contributed by atoms with van der Waals surface area (Å²) in [6.45, 7) is 0. The molecule has 0 spiro atoms. The van der Waals surface area contributed by atoms with E-state index in [9.17, 15) is 4.79 Å². The molecule has 1 aromatic carbocycles. The van der Waals surface area contributed by atoms with Crippen molar-refractivity contribution in [3.05, 3.63) is 45.7 Å². The number of Topliss-reactive ketones (excluding diaryl/α,β-unsaturated/α-hetero) is 1. The molecule has 2 aromatic rings. The van der Waals surface area contributed by atoms with Gasteiger partial charge in [0.15, 0.2) is 5.78 Å². The van der Waals surface area contributed by atoms with E-state index in [0.717, 1.165) is 11.7 Å². The summed E-state index contributed by atoms with van der Waals surface area (Å²) in [5, 5.41) is 0.980. The number of benzene rings is 1. The van der Waals surface area contributed by atoms with Gasteiger partial charge in [0.25, 0.3) is 0 Å². The van der Waals surface area contributed by atoms with Crippen molar-refractivity contribution in [3.8, 4) is 0 Å². The van der Waals surface area contributed by atoms with Crippen molar-refractivity contribution in [1.29, 1.82) is 0 Å². The Kier molecular flexibility index (Phi) is 3.53. The van der Waals surface area contributed by atoms with Crippen LogP contribution in [0.15, 0.2) is 24.4 Å². The molecule has 0 bridgehead atoms. The minimum atomic E-state index is -0.135. The number of rotatable bonds is 3. The van der Waals surface area contributed by atoms with Crippen LogP contribution in [0.2, 0.25) is 10.0 Å². The van der Waals surface area contributed by atoms with E-state index >= 15 is 0 Å². The van der Waals surface area contributed by atoms with Gasteiger partial charge in [-0.15, -0.1) is 0 Å². The van der Waals surface area contributed by atoms with Crippen LogP contribution in [0.5, 0.6) is 0 Å². The molecule has 16 heavy (non-hydrogen) atoms. The van der Waals surface area contributed by atoms with Crippen molar-refractivity contribution in [2.75, 3.05) is 0 Å². The van der Waals surface area contributed by atoms with Gasteiger partial charge >= 0.3 is 0 Å². The lowest BCUT2D eigenvalue weighted by molar-refractivity contribution is 0.0989. The number of nitrogens with zero attached hydrogens (tertiary/aromatic N) is 2. The normalized spacial score (nSPS) is 10.4. The maximum Gasteiger partial charge on any atom is 0.188 e. The molecule has 0 saturated carbocycles. The van der Waals surface area contributed by atoms with Crippen LogP contribution in [0.1, 0.15) is 16.1 Å². The molecule has 0 N–H and O–H groups in total. The van der Waals surface area contributed by atoms with E-state index in [0.29, 0.717) is 21.3 Å². The van der Waals surface area contributed by atoms with Gasteiger partial charge in [-0.25, -0.2) is 0 Å². The SMILES string of the molecule is O=C(Cc1c(Cl)cccc1Cl)c1cnsn1. The van der Waals surface area contributed by atoms with Crippen molar-refractivity contribution in [3.63, 3.8) is 0 Å². The molecule has 0 atom stereocenters. The minimum absolute atomic E-state index is 0.135. The third-order valence-electron chi connectivity index (χ3n) is 2.05. The number of hydrogen-bond donors (Lipinski definition) is 0. The third kappa shape index (κ3) is 2.40. The second-order valence-electron chi connectivity index (χ2n) is 3.09. The van der Waals surface area contributed by atoms with Crippen molar-refractivity contribution >= 4 is 40.7 Å². The topological polar surface area (TPSA) is 42.9 Å². The number of aromatic nitrogens is 2. The van der Waals surface area contributed by atoms with Crippen molar-refractivity contribution in [2.45, 2.75) is 6.42 Å². The lowest BCUT2D eigenvalue weighted by atomic mass is 10.1. The molecule has 0 saturated heterocycles. The quantitative estimate of drug-likeness (QED) is 0.806. The maximum atomic E-state index is 11.8. The molecule has 0 amide bonds. The molecular formula is C10H6Cl2N2OS. The second kappa shape index (κ2) is 4.91. The van der Waals surface area contributed by atoms with E-state index in [2.05, 4.69) is 8.75 Å². The van der Waals surface area contributed by atoms with Crippen molar-refractivity contribution < 1.29 is 4.79 Å². The second-order valence-corrected chi connectivity index (χ2v) is 4.46. The molecule has 0 aliphatic heterocycles. The third-order valence-corrected chi connectivity index (χ3v) is 3.23. The Morgan fingerprint density at radius 3 is 2.56 bits per heavy atom. The Morgan fingerprint density at radius 2 is 2.00 bits per heavy atom. The van der Waals surface area contributed by atoms with E-state index in [-0.39, 0.29) is 12.2 Å². The van der Waals surface area contributed by atoms with Gasteiger partial charge in [-0.3, -0.25) is 4.79 Å². The number of hydrogen-bond acceptors (Lipinski definition) is 4. The summed E-state index contributed by atoms with van der Waals surface area (Å²) in [6.07, 6.45) is 1.58. The summed E-state index contributed by atoms with van der Waals surface area (Å²) >= 11 is 12.9. The molecule has 0 unspecified atom stereocenters. The van der Waals surface area contributed by atoms with E-state index in [4.69, 9.17) is 23.2 Å². The van der Waals surface area contributed by atoms with Crippen molar-refractivity contribution in [1.82, 2.24) is 8.75 Å². The fraction of sp³-hybridized carbons (Fsp3) is 0.100. The van der Waals surface area contributed by atoms with Crippen LogP contribution in [0.3, 0.4) is 0 Å². The van der Waals surface area contributed by atoms with E-state index in [1.165, 1.54) is 6.20 Å². The summed E-state index contributed by atoms with van der Waals surface area (Å²) in [5.41, 5.74) is 0.977. The molecule has 0 fully saturated rings. The van der Waals surface area contributed by atoms with Gasteiger partial charge in [0.05, 0.1) is 17.9 Å². The Bertz CT molecular complexity index is 493. The van der Waals surface area contributed by atoms with Crippen LogP contribution in [-0.2, 0) is 6.42 Å². The zero-order chi connectivity index (χ0) is 11.5. The van der Waals surface area contributed by atoms with Crippen molar-refractivity contribution in [2.24, 2.45) is 0 Å². The monoisotopic (exact) mass is 272 g/mol. The molecule has 3 nitrogen and oxygen atoms in total. The van der Waals surface area contributed by atoms with Crippen LogP contribution < -0.4 is 0 Å². The number of halogens is 2. The Balaban J connectivity index is 2.25. The van der Waals surface area contributed by atoms with Crippen LogP contribution in [0, 0.1) is 0 Å². The van der Waals surface area contributed by atoms with E-state index in [1.54, 1.807) is 18.2 Å².